The van der Waals surface area contributed by atoms with Crippen LogP contribution in [0.2, 0.25) is 0 Å². The molecule has 2 atom stereocenters. The third-order valence-electron chi connectivity index (χ3n) is 3.77. The van der Waals surface area contributed by atoms with Gasteiger partial charge in [0.15, 0.2) is 0 Å². The number of nitrogens with zero attached hydrogens (tertiary/aromatic N) is 1. The lowest BCUT2D eigenvalue weighted by Gasteiger charge is -2.20. The summed E-state index contributed by atoms with van der Waals surface area (Å²) in [6.07, 6.45) is 1.00. The highest BCUT2D eigenvalue weighted by Crippen LogP contribution is 2.27. The minimum absolute atomic E-state index is 0. The van der Waals surface area contributed by atoms with Crippen LogP contribution in [0.1, 0.15) is 20.3 Å². The molecule has 23 heavy (non-hydrogen) atoms. The Labute approximate surface area is 147 Å². The van der Waals surface area contributed by atoms with Gasteiger partial charge in [-0.1, -0.05) is 0 Å². The molecule has 1 aliphatic rings. The predicted octanol–water partition coefficient (Wildman–Crippen LogP) is 2.35. The second kappa shape index (κ2) is 9.15. The molecule has 0 aromatic heterocycles. The first-order chi connectivity index (χ1) is 10.5. The molecule has 0 radical (unpaired) electrons. The van der Waals surface area contributed by atoms with Crippen molar-refractivity contribution in [1.29, 1.82) is 0 Å². The summed E-state index contributed by atoms with van der Waals surface area (Å²) in [7, 11) is 0. The van der Waals surface area contributed by atoms with Gasteiger partial charge in [0, 0.05) is 30.6 Å². The Morgan fingerprint density at radius 2 is 2.04 bits per heavy atom. The lowest BCUT2D eigenvalue weighted by Crippen LogP contribution is -2.35. The van der Waals surface area contributed by atoms with E-state index in [0.717, 1.165) is 30.1 Å². The summed E-state index contributed by atoms with van der Waals surface area (Å²) in [5, 5.41) is 2.61. The molecule has 1 saturated heterocycles. The Morgan fingerprint density at radius 3 is 2.57 bits per heavy atom. The molecule has 0 saturated carbocycles. The Balaban J connectivity index is 0.00000264. The van der Waals surface area contributed by atoms with Gasteiger partial charge in [0.2, 0.25) is 11.8 Å². The van der Waals surface area contributed by atoms with E-state index in [-0.39, 0.29) is 29.5 Å². The molecule has 2 unspecified atom stereocenters. The molecule has 1 aliphatic heterocycles. The van der Waals surface area contributed by atoms with Gasteiger partial charge in [-0.3, -0.25) is 9.59 Å². The average Bonchev–Trinajstić information content (AvgIpc) is 2.97. The highest BCUT2D eigenvalue weighted by Gasteiger charge is 2.28. The van der Waals surface area contributed by atoms with Gasteiger partial charge in [-0.2, -0.15) is 0 Å². The minimum Gasteiger partial charge on any atom is -0.341 e. The minimum atomic E-state index is -0.122. The maximum absolute atomic E-state index is 12.4. The monoisotopic (exact) mass is 357 g/mol. The molecule has 0 spiro atoms. The highest BCUT2D eigenvalue weighted by molar-refractivity contribution is 8.00. The summed E-state index contributed by atoms with van der Waals surface area (Å²) in [5.41, 5.74) is 6.44. The zero-order valence-corrected chi connectivity index (χ0v) is 15.1. The van der Waals surface area contributed by atoms with Gasteiger partial charge in [0.25, 0.3) is 0 Å². The lowest BCUT2D eigenvalue weighted by atomic mass is 10.1. The van der Waals surface area contributed by atoms with E-state index < -0.39 is 0 Å². The number of carbonyl (C=O) groups excluding carboxylic acids is 2. The number of amides is 2. The largest absolute Gasteiger partial charge is 0.341 e. The van der Waals surface area contributed by atoms with Gasteiger partial charge in [-0.05, 0) is 50.1 Å². The van der Waals surface area contributed by atoms with Crippen LogP contribution in [0.5, 0.6) is 0 Å². The van der Waals surface area contributed by atoms with E-state index in [1.54, 1.807) is 0 Å². The molecule has 7 heteroatoms. The molecule has 5 nitrogen and oxygen atoms in total. The third-order valence-corrected chi connectivity index (χ3v) is 4.87. The average molecular weight is 358 g/mol. The van der Waals surface area contributed by atoms with Crippen LogP contribution in [-0.4, -0.2) is 41.6 Å². The topological polar surface area (TPSA) is 75.4 Å². The molecule has 3 N–H and O–H groups in total. The SMILES string of the molecule is CC(=O)Nc1ccc(SC(C)C(=O)N2CCC(CN)C2)cc1.Cl. The number of hydrogen-bond donors (Lipinski definition) is 2. The zero-order chi connectivity index (χ0) is 16.1. The van der Waals surface area contributed by atoms with Crippen molar-refractivity contribution in [2.75, 3.05) is 25.0 Å². The lowest BCUT2D eigenvalue weighted by molar-refractivity contribution is -0.129. The number of nitrogens with two attached hydrogens (primary N) is 1. The molecule has 1 heterocycles. The number of carbonyl (C=O) groups is 2. The molecule has 128 valence electrons. The van der Waals surface area contributed by atoms with E-state index >= 15 is 0 Å². The first-order valence-electron chi connectivity index (χ1n) is 7.52. The van der Waals surface area contributed by atoms with Crippen molar-refractivity contribution in [2.45, 2.75) is 30.4 Å². The van der Waals surface area contributed by atoms with Crippen LogP contribution >= 0.6 is 24.2 Å². The molecule has 1 fully saturated rings. The van der Waals surface area contributed by atoms with Gasteiger partial charge in [0.05, 0.1) is 5.25 Å². The second-order valence-corrected chi connectivity index (χ2v) is 7.05. The summed E-state index contributed by atoms with van der Waals surface area (Å²) < 4.78 is 0. The van der Waals surface area contributed by atoms with Crippen molar-refractivity contribution in [1.82, 2.24) is 4.90 Å². The number of anilines is 1. The number of nitrogens with one attached hydrogen (secondary N) is 1. The van der Waals surface area contributed by atoms with Crippen LogP contribution in [0.3, 0.4) is 0 Å². The number of benzene rings is 1. The van der Waals surface area contributed by atoms with Gasteiger partial charge in [-0.15, -0.1) is 24.2 Å². The summed E-state index contributed by atoms with van der Waals surface area (Å²) in [6.45, 7) is 5.66. The van der Waals surface area contributed by atoms with Crippen molar-refractivity contribution in [3.8, 4) is 0 Å². The van der Waals surface area contributed by atoms with Crippen LogP contribution in [0.4, 0.5) is 5.69 Å². The summed E-state index contributed by atoms with van der Waals surface area (Å²) in [5.74, 6) is 0.525. The molecule has 1 aromatic rings. The fourth-order valence-corrected chi connectivity index (χ4v) is 3.51. The molecule has 1 aromatic carbocycles. The normalized spacial score (nSPS) is 18.2. The molecular weight excluding hydrogens is 334 g/mol. The maximum atomic E-state index is 12.4. The highest BCUT2D eigenvalue weighted by atomic mass is 35.5. The van der Waals surface area contributed by atoms with Gasteiger partial charge in [-0.25, -0.2) is 0 Å². The van der Waals surface area contributed by atoms with Gasteiger partial charge in [0.1, 0.15) is 0 Å². The van der Waals surface area contributed by atoms with E-state index in [0.29, 0.717) is 12.5 Å². The van der Waals surface area contributed by atoms with Crippen molar-refractivity contribution in [3.63, 3.8) is 0 Å². The quantitative estimate of drug-likeness (QED) is 0.793. The summed E-state index contributed by atoms with van der Waals surface area (Å²) >= 11 is 1.54. The van der Waals surface area contributed by atoms with Crippen LogP contribution in [-0.2, 0) is 9.59 Å². The van der Waals surface area contributed by atoms with Crippen LogP contribution in [0, 0.1) is 5.92 Å². The summed E-state index contributed by atoms with van der Waals surface area (Å²) in [6, 6.07) is 7.54. The van der Waals surface area contributed by atoms with Gasteiger partial charge >= 0.3 is 0 Å². The Bertz CT molecular complexity index is 539. The van der Waals surface area contributed by atoms with Crippen molar-refractivity contribution in [3.05, 3.63) is 24.3 Å². The number of likely N-dealkylation sites (tertiary alicyclic amines) is 1. The Kier molecular flexibility index (Phi) is 7.88. The Morgan fingerprint density at radius 1 is 1.39 bits per heavy atom. The molecule has 2 rings (SSSR count). The third kappa shape index (κ3) is 5.71. The smallest absolute Gasteiger partial charge is 0.235 e. The second-order valence-electron chi connectivity index (χ2n) is 5.64. The maximum Gasteiger partial charge on any atom is 0.235 e. The molecular formula is C16H24ClN3O2S. The van der Waals surface area contributed by atoms with E-state index in [1.807, 2.05) is 36.1 Å². The van der Waals surface area contributed by atoms with Crippen molar-refractivity contribution in [2.24, 2.45) is 11.7 Å². The number of rotatable bonds is 5. The molecule has 0 bridgehead atoms. The van der Waals surface area contributed by atoms with E-state index in [4.69, 9.17) is 5.73 Å². The molecule has 0 aliphatic carbocycles. The number of halogens is 1. The first kappa shape index (κ1) is 19.8. The van der Waals surface area contributed by atoms with E-state index in [9.17, 15) is 9.59 Å². The van der Waals surface area contributed by atoms with Crippen LogP contribution in [0.15, 0.2) is 29.2 Å². The van der Waals surface area contributed by atoms with Crippen LogP contribution in [0.25, 0.3) is 0 Å². The predicted molar refractivity (Wildman–Crippen MR) is 97.1 cm³/mol. The van der Waals surface area contributed by atoms with E-state index in [2.05, 4.69) is 5.32 Å². The van der Waals surface area contributed by atoms with Crippen LogP contribution < -0.4 is 11.1 Å². The van der Waals surface area contributed by atoms with Crippen molar-refractivity contribution >= 4 is 41.7 Å². The van der Waals surface area contributed by atoms with Crippen molar-refractivity contribution < 1.29 is 9.59 Å². The number of thioether (sulfide) groups is 1. The Hall–Kier alpha value is -1.24. The summed E-state index contributed by atoms with van der Waals surface area (Å²) in [4.78, 5) is 26.4. The fourth-order valence-electron chi connectivity index (χ4n) is 2.56. The molecule has 2 amide bonds. The zero-order valence-electron chi connectivity index (χ0n) is 13.5. The van der Waals surface area contributed by atoms with E-state index in [1.165, 1.54) is 18.7 Å². The fraction of sp³-hybridized carbons (Fsp3) is 0.500. The number of hydrogen-bond acceptors (Lipinski definition) is 4. The standard InChI is InChI=1S/C16H23N3O2S.ClH/c1-11(16(21)19-8-7-13(9-17)10-19)22-15-5-3-14(4-6-15)18-12(2)20;/h3-6,11,13H,7-10,17H2,1-2H3,(H,18,20);1H. The first-order valence-corrected chi connectivity index (χ1v) is 8.40. The van der Waals surface area contributed by atoms with Gasteiger partial charge < -0.3 is 16.0 Å².